The number of rotatable bonds is 4. The van der Waals surface area contributed by atoms with Gasteiger partial charge in [-0.15, -0.1) is 0 Å². The molecule has 0 bridgehead atoms. The van der Waals surface area contributed by atoms with Crippen molar-refractivity contribution in [2.24, 2.45) is 5.41 Å². The van der Waals surface area contributed by atoms with E-state index in [1.165, 1.54) is 10.7 Å². The normalized spacial score (nSPS) is 25.1. The molecule has 1 N–H and O–H groups in total. The predicted molar refractivity (Wildman–Crippen MR) is 95.3 cm³/mol. The monoisotopic (exact) mass is 355 g/mol. The quantitative estimate of drug-likeness (QED) is 0.891. The summed E-state index contributed by atoms with van der Waals surface area (Å²) in [6.45, 7) is 1.81. The Morgan fingerprint density at radius 3 is 2.85 bits per heavy atom. The van der Waals surface area contributed by atoms with Crippen LogP contribution in [-0.2, 0) is 16.1 Å². The third-order valence-corrected chi connectivity index (χ3v) is 5.38. The first kappa shape index (κ1) is 16.8. The van der Waals surface area contributed by atoms with Gasteiger partial charge in [-0.25, -0.2) is 4.68 Å². The molecule has 2 atom stereocenters. The van der Waals surface area contributed by atoms with Gasteiger partial charge in [0.2, 0.25) is 0 Å². The van der Waals surface area contributed by atoms with Crippen molar-refractivity contribution in [1.29, 1.82) is 0 Å². The van der Waals surface area contributed by atoms with Crippen molar-refractivity contribution in [2.75, 3.05) is 24.6 Å². The van der Waals surface area contributed by atoms with Crippen LogP contribution in [0.1, 0.15) is 18.4 Å². The molecule has 2 aliphatic heterocycles. The molecule has 2 aliphatic rings. The van der Waals surface area contributed by atoms with Gasteiger partial charge in [0.25, 0.3) is 5.56 Å². The molecule has 0 unspecified atom stereocenters. The molecule has 0 amide bonds. The van der Waals surface area contributed by atoms with E-state index in [2.05, 4.69) is 5.10 Å². The third-order valence-electron chi connectivity index (χ3n) is 5.38. The van der Waals surface area contributed by atoms with Crippen molar-refractivity contribution in [1.82, 2.24) is 9.78 Å². The summed E-state index contributed by atoms with van der Waals surface area (Å²) in [5.41, 5.74) is 0.557. The number of benzene rings is 1. The molecule has 26 heavy (non-hydrogen) atoms. The van der Waals surface area contributed by atoms with Gasteiger partial charge in [-0.05, 0) is 18.4 Å². The highest BCUT2D eigenvalue weighted by Crippen LogP contribution is 2.42. The summed E-state index contributed by atoms with van der Waals surface area (Å²) >= 11 is 0. The summed E-state index contributed by atoms with van der Waals surface area (Å²) in [6.07, 6.45) is 2.63. The second-order valence-corrected chi connectivity index (χ2v) is 7.00. The first-order valence-electron chi connectivity index (χ1n) is 8.79. The molecular formula is C19H21N3O4. The van der Waals surface area contributed by atoms with E-state index in [0.717, 1.165) is 12.0 Å². The Bertz CT molecular complexity index is 867. The minimum atomic E-state index is -0.892. The van der Waals surface area contributed by atoms with Crippen molar-refractivity contribution in [3.63, 3.8) is 0 Å². The largest absolute Gasteiger partial charge is 0.481 e. The van der Waals surface area contributed by atoms with E-state index in [9.17, 15) is 14.7 Å². The van der Waals surface area contributed by atoms with Crippen LogP contribution < -0.4 is 10.5 Å². The molecule has 0 aliphatic carbocycles. The Kier molecular flexibility index (Phi) is 4.24. The molecule has 0 radical (unpaired) electrons. The zero-order valence-electron chi connectivity index (χ0n) is 14.4. The smallest absolute Gasteiger partial charge is 0.314 e. The minimum Gasteiger partial charge on any atom is -0.481 e. The first-order chi connectivity index (χ1) is 12.6. The number of hydrogen-bond donors (Lipinski definition) is 1. The second kappa shape index (κ2) is 6.57. The van der Waals surface area contributed by atoms with E-state index in [1.54, 1.807) is 6.20 Å². The maximum atomic E-state index is 12.5. The Hall–Kier alpha value is -2.67. The number of fused-ring (bicyclic) bond motifs is 1. The molecule has 0 spiro atoms. The van der Waals surface area contributed by atoms with E-state index in [0.29, 0.717) is 38.3 Å². The number of carboxylic acid groups (broad SMARTS) is 1. The zero-order chi connectivity index (χ0) is 18.1. The van der Waals surface area contributed by atoms with Crippen molar-refractivity contribution in [2.45, 2.75) is 25.5 Å². The van der Waals surface area contributed by atoms with E-state index in [4.69, 9.17) is 4.74 Å². The first-order valence-corrected chi connectivity index (χ1v) is 8.79. The highest BCUT2D eigenvalue weighted by Gasteiger charge is 2.54. The van der Waals surface area contributed by atoms with Gasteiger partial charge in [-0.3, -0.25) is 9.59 Å². The van der Waals surface area contributed by atoms with Gasteiger partial charge in [0.15, 0.2) is 0 Å². The standard InChI is InChI=1S/C19H21N3O4/c23-17-9-15(10-20-22(17)11-14-5-2-1-3-6-14)21-12-16-19(13-21,18(24)25)7-4-8-26-16/h1-3,5-6,9-10,16H,4,7-8,11-13H2,(H,24,25)/t16-,19-/m1/s1. The molecule has 7 heteroatoms. The van der Waals surface area contributed by atoms with Crippen molar-refractivity contribution < 1.29 is 14.6 Å². The van der Waals surface area contributed by atoms with Crippen LogP contribution in [0.4, 0.5) is 5.69 Å². The number of aliphatic carboxylic acids is 1. The van der Waals surface area contributed by atoms with Crippen LogP contribution in [0.5, 0.6) is 0 Å². The van der Waals surface area contributed by atoms with E-state index in [-0.39, 0.29) is 11.7 Å². The highest BCUT2D eigenvalue weighted by molar-refractivity contribution is 5.78. The van der Waals surface area contributed by atoms with E-state index < -0.39 is 11.4 Å². The van der Waals surface area contributed by atoms with Gasteiger partial charge in [-0.1, -0.05) is 30.3 Å². The van der Waals surface area contributed by atoms with Crippen LogP contribution in [0.3, 0.4) is 0 Å². The molecule has 2 fully saturated rings. The topological polar surface area (TPSA) is 84.7 Å². The van der Waals surface area contributed by atoms with Crippen LogP contribution in [0.25, 0.3) is 0 Å². The van der Waals surface area contributed by atoms with E-state index >= 15 is 0 Å². The second-order valence-electron chi connectivity index (χ2n) is 7.00. The number of ether oxygens (including phenoxy) is 1. The summed E-state index contributed by atoms with van der Waals surface area (Å²) in [6, 6.07) is 11.2. The van der Waals surface area contributed by atoms with Gasteiger partial charge < -0.3 is 14.7 Å². The molecule has 1 aromatic heterocycles. The fourth-order valence-corrected chi connectivity index (χ4v) is 3.93. The molecule has 4 rings (SSSR count). The lowest BCUT2D eigenvalue weighted by atomic mass is 9.79. The summed E-state index contributed by atoms with van der Waals surface area (Å²) in [7, 11) is 0. The molecule has 136 valence electrons. The van der Waals surface area contributed by atoms with Crippen molar-refractivity contribution in [3.8, 4) is 0 Å². The van der Waals surface area contributed by atoms with Gasteiger partial charge in [0.1, 0.15) is 5.41 Å². The third kappa shape index (κ3) is 2.88. The van der Waals surface area contributed by atoms with Crippen LogP contribution in [-0.4, -0.2) is 46.7 Å². The van der Waals surface area contributed by atoms with E-state index in [1.807, 2.05) is 35.2 Å². The lowest BCUT2D eigenvalue weighted by molar-refractivity contribution is -0.161. The zero-order valence-corrected chi connectivity index (χ0v) is 14.4. The van der Waals surface area contributed by atoms with Crippen LogP contribution in [0.15, 0.2) is 47.4 Å². The molecule has 2 aromatic rings. The molecule has 2 saturated heterocycles. The highest BCUT2D eigenvalue weighted by atomic mass is 16.5. The van der Waals surface area contributed by atoms with Gasteiger partial charge >= 0.3 is 5.97 Å². The molecule has 7 nitrogen and oxygen atoms in total. The molecule has 3 heterocycles. The lowest BCUT2D eigenvalue weighted by Crippen LogP contribution is -2.46. The fourth-order valence-electron chi connectivity index (χ4n) is 3.93. The average Bonchev–Trinajstić information content (AvgIpc) is 3.05. The van der Waals surface area contributed by atoms with Crippen LogP contribution in [0.2, 0.25) is 0 Å². The Morgan fingerprint density at radius 2 is 2.15 bits per heavy atom. The maximum absolute atomic E-state index is 12.5. The van der Waals surface area contributed by atoms with Crippen molar-refractivity contribution >= 4 is 11.7 Å². The summed E-state index contributed by atoms with van der Waals surface area (Å²) in [4.78, 5) is 26.2. The average molecular weight is 355 g/mol. The lowest BCUT2D eigenvalue weighted by Gasteiger charge is -2.33. The number of hydrogen-bond acceptors (Lipinski definition) is 5. The molecule has 1 aromatic carbocycles. The van der Waals surface area contributed by atoms with Gasteiger partial charge in [-0.2, -0.15) is 5.10 Å². The number of anilines is 1. The number of carbonyl (C=O) groups is 1. The summed E-state index contributed by atoms with van der Waals surface area (Å²) in [5.74, 6) is -0.824. The summed E-state index contributed by atoms with van der Waals surface area (Å²) in [5, 5.41) is 14.0. The number of nitrogens with zero attached hydrogens (tertiary/aromatic N) is 3. The van der Waals surface area contributed by atoms with Crippen molar-refractivity contribution in [3.05, 3.63) is 58.5 Å². The predicted octanol–water partition coefficient (Wildman–Crippen LogP) is 1.36. The Balaban J connectivity index is 1.56. The van der Waals surface area contributed by atoms with Crippen LogP contribution in [0, 0.1) is 5.41 Å². The van der Waals surface area contributed by atoms with Gasteiger partial charge in [0, 0.05) is 25.8 Å². The number of carboxylic acids is 1. The SMILES string of the molecule is O=C(O)[C@@]12CCCO[C@@H]1CN(c1cnn(Cc3ccccc3)c(=O)c1)C2. The molecule has 0 saturated carbocycles. The Morgan fingerprint density at radius 1 is 1.35 bits per heavy atom. The Labute approximate surface area is 150 Å². The van der Waals surface area contributed by atoms with Gasteiger partial charge in [0.05, 0.1) is 24.5 Å². The minimum absolute atomic E-state index is 0.202. The maximum Gasteiger partial charge on any atom is 0.314 e. The molecular weight excluding hydrogens is 334 g/mol. The summed E-state index contributed by atoms with van der Waals surface area (Å²) < 4.78 is 7.13. The van der Waals surface area contributed by atoms with Crippen LogP contribution >= 0.6 is 0 Å². The number of aromatic nitrogens is 2. The fraction of sp³-hybridized carbons (Fsp3) is 0.421.